The van der Waals surface area contributed by atoms with E-state index in [0.29, 0.717) is 17.1 Å². The van der Waals surface area contributed by atoms with Gasteiger partial charge >= 0.3 is 5.97 Å². The van der Waals surface area contributed by atoms with Gasteiger partial charge in [-0.15, -0.1) is 0 Å². The number of carbonyl (C=O) groups excluding carboxylic acids is 3. The second-order valence-corrected chi connectivity index (χ2v) is 4.86. The van der Waals surface area contributed by atoms with Crippen molar-refractivity contribution in [2.75, 3.05) is 14.2 Å². The van der Waals surface area contributed by atoms with Crippen molar-refractivity contribution in [3.05, 3.63) is 41.7 Å². The molecule has 0 aromatic heterocycles. The minimum Gasteiger partial charge on any atom is -0.493 e. The number of benzene rings is 1. The summed E-state index contributed by atoms with van der Waals surface area (Å²) in [6.07, 6.45) is 3.82. The molecule has 0 amide bonds. The van der Waals surface area contributed by atoms with E-state index in [2.05, 4.69) is 0 Å². The summed E-state index contributed by atoms with van der Waals surface area (Å²) in [5.74, 6) is -2.23. The molecule has 6 nitrogen and oxygen atoms in total. The second-order valence-electron chi connectivity index (χ2n) is 4.86. The van der Waals surface area contributed by atoms with Crippen LogP contribution in [0.3, 0.4) is 0 Å². The summed E-state index contributed by atoms with van der Waals surface area (Å²) in [7, 11) is 3.02. The Balaban J connectivity index is 2.18. The Morgan fingerprint density at radius 2 is 1.87 bits per heavy atom. The number of allylic oxidation sites excluding steroid dienone is 3. The summed E-state index contributed by atoms with van der Waals surface area (Å²) in [4.78, 5) is 35.5. The van der Waals surface area contributed by atoms with Crippen LogP contribution in [0.2, 0.25) is 0 Å². The smallest absolute Gasteiger partial charge is 0.329 e. The molecule has 1 heterocycles. The molecular weight excluding hydrogens is 300 g/mol. The van der Waals surface area contributed by atoms with Crippen molar-refractivity contribution in [3.8, 4) is 11.5 Å². The van der Waals surface area contributed by atoms with Crippen molar-refractivity contribution >= 4 is 23.6 Å². The third-order valence-corrected chi connectivity index (χ3v) is 3.26. The first-order valence-corrected chi connectivity index (χ1v) is 6.84. The monoisotopic (exact) mass is 316 g/mol. The molecule has 0 N–H and O–H groups in total. The van der Waals surface area contributed by atoms with Crippen LogP contribution in [0, 0.1) is 5.92 Å². The molecule has 6 heteroatoms. The van der Waals surface area contributed by atoms with Gasteiger partial charge in [0, 0.05) is 6.08 Å². The van der Waals surface area contributed by atoms with E-state index in [9.17, 15) is 14.4 Å². The lowest BCUT2D eigenvalue weighted by Crippen LogP contribution is -2.34. The number of hydrogen-bond donors (Lipinski definition) is 0. The first kappa shape index (κ1) is 16.5. The molecule has 1 atom stereocenters. The van der Waals surface area contributed by atoms with Gasteiger partial charge in [0.1, 0.15) is 5.76 Å². The van der Waals surface area contributed by atoms with Crippen molar-refractivity contribution in [1.82, 2.24) is 0 Å². The number of esters is 1. The highest BCUT2D eigenvalue weighted by molar-refractivity contribution is 6.25. The number of ether oxygens (including phenoxy) is 3. The minimum absolute atomic E-state index is 0.188. The minimum atomic E-state index is -1.44. The second kappa shape index (κ2) is 6.91. The molecule has 0 aliphatic carbocycles. The van der Waals surface area contributed by atoms with E-state index >= 15 is 0 Å². The molecule has 23 heavy (non-hydrogen) atoms. The first-order valence-electron chi connectivity index (χ1n) is 6.84. The molecule has 1 unspecified atom stereocenters. The van der Waals surface area contributed by atoms with Crippen LogP contribution in [-0.2, 0) is 19.1 Å². The van der Waals surface area contributed by atoms with Gasteiger partial charge in [-0.1, -0.05) is 12.1 Å². The maximum Gasteiger partial charge on any atom is 0.329 e. The van der Waals surface area contributed by atoms with Gasteiger partial charge in [-0.3, -0.25) is 14.4 Å². The van der Waals surface area contributed by atoms with E-state index in [1.807, 2.05) is 0 Å². The molecule has 0 fully saturated rings. The average molecular weight is 316 g/mol. The number of cyclic esters (lactones) is 1. The van der Waals surface area contributed by atoms with Crippen LogP contribution < -0.4 is 9.47 Å². The van der Waals surface area contributed by atoms with Crippen LogP contribution in [0.1, 0.15) is 12.5 Å². The van der Waals surface area contributed by atoms with Crippen LogP contribution in [0.5, 0.6) is 11.5 Å². The Bertz CT molecular complexity index is 714. The third kappa shape index (κ3) is 3.66. The summed E-state index contributed by atoms with van der Waals surface area (Å²) in [6, 6.07) is 5.08. The lowest BCUT2D eigenvalue weighted by atomic mass is 9.96. The highest BCUT2D eigenvalue weighted by Crippen LogP contribution is 2.28. The molecule has 120 valence electrons. The van der Waals surface area contributed by atoms with Crippen LogP contribution in [0.4, 0.5) is 0 Å². The number of rotatable bonds is 5. The predicted molar refractivity (Wildman–Crippen MR) is 81.9 cm³/mol. The molecule has 0 spiro atoms. The van der Waals surface area contributed by atoms with Gasteiger partial charge in [-0.25, -0.2) is 0 Å². The van der Waals surface area contributed by atoms with Gasteiger partial charge in [-0.2, -0.15) is 0 Å². The number of methoxy groups -OCH3 is 2. The largest absolute Gasteiger partial charge is 0.493 e. The number of ketones is 2. The Hall–Kier alpha value is -2.89. The highest BCUT2D eigenvalue weighted by atomic mass is 16.5. The van der Waals surface area contributed by atoms with E-state index in [-0.39, 0.29) is 5.76 Å². The molecular formula is C17H16O6. The maximum atomic E-state index is 12.1. The molecule has 2 rings (SSSR count). The number of carbonyl (C=O) groups is 3. The predicted octanol–water partition coefficient (Wildman–Crippen LogP) is 1.93. The van der Waals surface area contributed by atoms with Crippen molar-refractivity contribution in [1.29, 1.82) is 0 Å². The zero-order chi connectivity index (χ0) is 17.0. The van der Waals surface area contributed by atoms with Crippen molar-refractivity contribution in [2.24, 2.45) is 5.92 Å². The highest BCUT2D eigenvalue weighted by Gasteiger charge is 2.36. The van der Waals surface area contributed by atoms with Crippen molar-refractivity contribution in [2.45, 2.75) is 6.92 Å². The summed E-state index contributed by atoms with van der Waals surface area (Å²) in [5, 5.41) is 0. The van der Waals surface area contributed by atoms with E-state index < -0.39 is 23.5 Å². The normalized spacial score (nSPS) is 17.7. The van der Waals surface area contributed by atoms with Crippen molar-refractivity contribution in [3.63, 3.8) is 0 Å². The van der Waals surface area contributed by atoms with E-state index in [1.165, 1.54) is 33.3 Å². The fourth-order valence-electron chi connectivity index (χ4n) is 2.13. The molecule has 1 aliphatic heterocycles. The topological polar surface area (TPSA) is 78.9 Å². The molecule has 1 aromatic rings. The quantitative estimate of drug-likeness (QED) is 0.469. The van der Waals surface area contributed by atoms with E-state index in [4.69, 9.17) is 14.2 Å². The maximum absolute atomic E-state index is 12.1. The molecule has 0 bridgehead atoms. The fraction of sp³-hybridized carbons (Fsp3) is 0.235. The lowest BCUT2D eigenvalue weighted by molar-refractivity contribution is -0.151. The molecule has 1 aromatic carbocycles. The lowest BCUT2D eigenvalue weighted by Gasteiger charge is -2.15. The SMILES string of the molecule is COc1ccc(/C=C/C(=O)C2C(=O)C=C(C)OC2=O)cc1OC. The van der Waals surface area contributed by atoms with Crippen LogP contribution in [0.15, 0.2) is 36.1 Å². The Labute approximate surface area is 133 Å². The molecule has 0 saturated carbocycles. The van der Waals surface area contributed by atoms with Gasteiger partial charge < -0.3 is 14.2 Å². The molecule has 0 saturated heterocycles. The van der Waals surface area contributed by atoms with Gasteiger partial charge in [0.25, 0.3) is 0 Å². The number of hydrogen-bond acceptors (Lipinski definition) is 6. The summed E-state index contributed by atoms with van der Waals surface area (Å²) < 4.78 is 15.1. The average Bonchev–Trinajstić information content (AvgIpc) is 2.51. The van der Waals surface area contributed by atoms with Gasteiger partial charge in [0.05, 0.1) is 14.2 Å². The standard InChI is InChI=1S/C17H16O6/c1-10-8-13(19)16(17(20)23-10)12(18)6-4-11-5-7-14(21-2)15(9-11)22-3/h4-9,16H,1-3H3/b6-4+. The Morgan fingerprint density at radius 3 is 2.48 bits per heavy atom. The van der Waals surface area contributed by atoms with Gasteiger partial charge in [0.2, 0.25) is 0 Å². The summed E-state index contributed by atoms with van der Waals surface area (Å²) in [5.41, 5.74) is 0.666. The van der Waals surface area contributed by atoms with Crippen molar-refractivity contribution < 1.29 is 28.6 Å². The summed E-state index contributed by atoms with van der Waals surface area (Å²) in [6.45, 7) is 1.48. The van der Waals surface area contributed by atoms with E-state index in [0.717, 1.165) is 6.08 Å². The zero-order valence-electron chi connectivity index (χ0n) is 13.0. The third-order valence-electron chi connectivity index (χ3n) is 3.26. The Kier molecular flexibility index (Phi) is 4.95. The van der Waals surface area contributed by atoms with Crippen LogP contribution in [0.25, 0.3) is 6.08 Å². The summed E-state index contributed by atoms with van der Waals surface area (Å²) >= 11 is 0. The van der Waals surface area contributed by atoms with Gasteiger partial charge in [0.15, 0.2) is 29.0 Å². The molecule has 1 aliphatic rings. The molecule has 0 radical (unpaired) electrons. The van der Waals surface area contributed by atoms with E-state index in [1.54, 1.807) is 18.2 Å². The van der Waals surface area contributed by atoms with Crippen LogP contribution >= 0.6 is 0 Å². The first-order chi connectivity index (χ1) is 11.0. The van der Waals surface area contributed by atoms with Gasteiger partial charge in [-0.05, 0) is 30.7 Å². The fourth-order valence-corrected chi connectivity index (χ4v) is 2.13. The zero-order valence-corrected chi connectivity index (χ0v) is 13.0. The Morgan fingerprint density at radius 1 is 1.17 bits per heavy atom. The van der Waals surface area contributed by atoms with Crippen LogP contribution in [-0.4, -0.2) is 31.8 Å².